The highest BCUT2D eigenvalue weighted by Gasteiger charge is 2.17. The van der Waals surface area contributed by atoms with Crippen LogP contribution in [0.4, 0.5) is 11.4 Å². The fourth-order valence-electron chi connectivity index (χ4n) is 4.71. The summed E-state index contributed by atoms with van der Waals surface area (Å²) >= 11 is 5.59. The van der Waals surface area contributed by atoms with Gasteiger partial charge in [-0.05, 0) is 78.7 Å². The van der Waals surface area contributed by atoms with Crippen LogP contribution in [-0.2, 0) is 5.41 Å². The van der Waals surface area contributed by atoms with Crippen LogP contribution < -0.4 is 15.5 Å². The molecule has 3 aromatic rings. The minimum absolute atomic E-state index is 0.000363. The number of hydrogen-bond acceptors (Lipinski definition) is 3. The van der Waals surface area contributed by atoms with Crippen molar-refractivity contribution in [1.29, 1.82) is 0 Å². The quantitative estimate of drug-likeness (QED) is 0.264. The summed E-state index contributed by atoms with van der Waals surface area (Å²) in [6, 6.07) is 24.2. The topological polar surface area (TPSA) is 44.4 Å². The van der Waals surface area contributed by atoms with E-state index in [0.717, 1.165) is 24.7 Å². The van der Waals surface area contributed by atoms with E-state index in [2.05, 4.69) is 74.4 Å². The van der Waals surface area contributed by atoms with Crippen molar-refractivity contribution in [3.63, 3.8) is 0 Å². The van der Waals surface area contributed by atoms with Crippen molar-refractivity contribution in [2.24, 2.45) is 5.92 Å². The standard InChI is InChI=1S/C32H39N3OS/c1-22-17-19-35(20-18-22)29-15-11-24(12-16-29)23(2)33-31(37)34-28-8-6-7-26(21-28)30(36)25-9-13-27(14-10-25)32(3,4)5/h6-16,21-23H,17-20H2,1-5H3,(H2,33,34,37)/t23-/m1/s1. The highest BCUT2D eigenvalue weighted by Crippen LogP contribution is 2.25. The lowest BCUT2D eigenvalue weighted by Gasteiger charge is -2.32. The van der Waals surface area contributed by atoms with Crippen LogP contribution in [0.25, 0.3) is 0 Å². The van der Waals surface area contributed by atoms with Crippen molar-refractivity contribution in [3.05, 3.63) is 95.1 Å². The Kier molecular flexibility index (Phi) is 8.33. The van der Waals surface area contributed by atoms with Crippen LogP contribution in [0.5, 0.6) is 0 Å². The third-order valence-corrected chi connectivity index (χ3v) is 7.51. The molecule has 1 saturated heterocycles. The number of nitrogens with one attached hydrogen (secondary N) is 2. The van der Waals surface area contributed by atoms with E-state index in [1.165, 1.54) is 29.7 Å². The van der Waals surface area contributed by atoms with Crippen molar-refractivity contribution in [2.75, 3.05) is 23.3 Å². The Labute approximate surface area is 227 Å². The maximum atomic E-state index is 13.1. The second kappa shape index (κ2) is 11.5. The van der Waals surface area contributed by atoms with Gasteiger partial charge in [0, 0.05) is 35.6 Å². The van der Waals surface area contributed by atoms with Crippen molar-refractivity contribution >= 4 is 34.5 Å². The number of rotatable bonds is 6. The molecule has 0 spiro atoms. The molecule has 194 valence electrons. The zero-order valence-corrected chi connectivity index (χ0v) is 23.5. The van der Waals surface area contributed by atoms with E-state index < -0.39 is 0 Å². The molecule has 0 saturated carbocycles. The van der Waals surface area contributed by atoms with Crippen LogP contribution >= 0.6 is 12.2 Å². The summed E-state index contributed by atoms with van der Waals surface area (Å²) < 4.78 is 0. The first-order valence-electron chi connectivity index (χ1n) is 13.3. The average Bonchev–Trinajstić information content (AvgIpc) is 2.88. The Morgan fingerprint density at radius 3 is 2.22 bits per heavy atom. The minimum atomic E-state index is -0.000363. The second-order valence-corrected chi connectivity index (χ2v) is 11.7. The molecule has 0 amide bonds. The highest BCUT2D eigenvalue weighted by atomic mass is 32.1. The first kappa shape index (κ1) is 26.9. The maximum absolute atomic E-state index is 13.1. The summed E-state index contributed by atoms with van der Waals surface area (Å²) in [6.45, 7) is 13.2. The van der Waals surface area contributed by atoms with Crippen molar-refractivity contribution < 1.29 is 4.79 Å². The number of piperidine rings is 1. The second-order valence-electron chi connectivity index (χ2n) is 11.3. The van der Waals surface area contributed by atoms with Gasteiger partial charge < -0.3 is 15.5 Å². The number of nitrogens with zero attached hydrogens (tertiary/aromatic N) is 1. The lowest BCUT2D eigenvalue weighted by Crippen LogP contribution is -2.33. The molecule has 2 N–H and O–H groups in total. The summed E-state index contributed by atoms with van der Waals surface area (Å²) in [5.74, 6) is 0.826. The Morgan fingerprint density at radius 2 is 1.59 bits per heavy atom. The van der Waals surface area contributed by atoms with Gasteiger partial charge in [0.1, 0.15) is 0 Å². The van der Waals surface area contributed by atoms with Crippen LogP contribution in [-0.4, -0.2) is 24.0 Å². The summed E-state index contributed by atoms with van der Waals surface area (Å²) in [5.41, 5.74) is 5.84. The van der Waals surface area contributed by atoms with E-state index in [9.17, 15) is 4.79 Å². The van der Waals surface area contributed by atoms with Gasteiger partial charge in [0.2, 0.25) is 0 Å². The number of benzene rings is 3. The first-order chi connectivity index (χ1) is 17.6. The van der Waals surface area contributed by atoms with E-state index in [1.807, 2.05) is 48.5 Å². The van der Waals surface area contributed by atoms with Gasteiger partial charge in [0.15, 0.2) is 10.9 Å². The van der Waals surface area contributed by atoms with Crippen LogP contribution in [0.3, 0.4) is 0 Å². The molecule has 0 aromatic heterocycles. The van der Waals surface area contributed by atoms with Gasteiger partial charge in [-0.1, -0.05) is 76.2 Å². The Morgan fingerprint density at radius 1 is 0.946 bits per heavy atom. The molecular formula is C32H39N3OS. The van der Waals surface area contributed by atoms with Gasteiger partial charge >= 0.3 is 0 Å². The Hall–Kier alpha value is -3.18. The highest BCUT2D eigenvalue weighted by molar-refractivity contribution is 7.80. The van der Waals surface area contributed by atoms with E-state index in [0.29, 0.717) is 16.2 Å². The lowest BCUT2D eigenvalue weighted by atomic mass is 9.86. The van der Waals surface area contributed by atoms with E-state index in [1.54, 1.807) is 0 Å². The number of carbonyl (C=O) groups excluding carboxylic acids is 1. The normalized spacial score (nSPS) is 15.2. The van der Waals surface area contributed by atoms with Gasteiger partial charge in [-0.3, -0.25) is 4.79 Å². The SMILES string of the molecule is CC1CCN(c2ccc([C@@H](C)NC(=S)Nc3cccc(C(=O)c4ccc(C(C)(C)C)cc4)c3)cc2)CC1. The monoisotopic (exact) mass is 513 g/mol. The molecule has 1 aliphatic rings. The van der Waals surface area contributed by atoms with Gasteiger partial charge in [-0.15, -0.1) is 0 Å². The summed E-state index contributed by atoms with van der Waals surface area (Å²) in [6.07, 6.45) is 2.52. The predicted octanol–water partition coefficient (Wildman–Crippen LogP) is 7.50. The molecular weight excluding hydrogens is 474 g/mol. The zero-order valence-electron chi connectivity index (χ0n) is 22.7. The number of carbonyl (C=O) groups is 1. The molecule has 0 radical (unpaired) electrons. The fourth-order valence-corrected chi connectivity index (χ4v) is 5.01. The molecule has 1 heterocycles. The first-order valence-corrected chi connectivity index (χ1v) is 13.7. The van der Waals surface area contributed by atoms with Crippen LogP contribution in [0, 0.1) is 5.92 Å². The summed E-state index contributed by atoms with van der Waals surface area (Å²) in [7, 11) is 0. The van der Waals surface area contributed by atoms with E-state index in [4.69, 9.17) is 12.2 Å². The maximum Gasteiger partial charge on any atom is 0.193 e. The molecule has 1 atom stereocenters. The molecule has 0 unspecified atom stereocenters. The third kappa shape index (κ3) is 6.98. The molecule has 37 heavy (non-hydrogen) atoms. The zero-order chi connectivity index (χ0) is 26.6. The largest absolute Gasteiger partial charge is 0.372 e. The lowest BCUT2D eigenvalue weighted by molar-refractivity contribution is 0.103. The third-order valence-electron chi connectivity index (χ3n) is 7.29. The molecule has 0 bridgehead atoms. The van der Waals surface area contributed by atoms with Crippen LogP contribution in [0.1, 0.15) is 80.6 Å². The van der Waals surface area contributed by atoms with Crippen molar-refractivity contribution in [2.45, 2.75) is 58.9 Å². The van der Waals surface area contributed by atoms with Crippen molar-refractivity contribution in [3.8, 4) is 0 Å². The Bertz CT molecular complexity index is 1220. The minimum Gasteiger partial charge on any atom is -0.372 e. The van der Waals surface area contributed by atoms with Gasteiger partial charge in [-0.25, -0.2) is 0 Å². The average molecular weight is 514 g/mol. The molecule has 4 rings (SSSR count). The summed E-state index contributed by atoms with van der Waals surface area (Å²) in [4.78, 5) is 15.6. The molecule has 4 nitrogen and oxygen atoms in total. The summed E-state index contributed by atoms with van der Waals surface area (Å²) in [5, 5.41) is 7.15. The van der Waals surface area contributed by atoms with E-state index in [-0.39, 0.29) is 17.2 Å². The number of thiocarbonyl (C=S) groups is 1. The van der Waals surface area contributed by atoms with E-state index >= 15 is 0 Å². The van der Waals surface area contributed by atoms with Gasteiger partial charge in [0.05, 0.1) is 6.04 Å². The molecule has 1 aliphatic heterocycles. The molecule has 3 aromatic carbocycles. The van der Waals surface area contributed by atoms with Crippen LogP contribution in [0.2, 0.25) is 0 Å². The van der Waals surface area contributed by atoms with Gasteiger partial charge in [-0.2, -0.15) is 0 Å². The number of anilines is 2. The number of ketones is 1. The number of hydrogen-bond donors (Lipinski definition) is 2. The Balaban J connectivity index is 1.35. The predicted molar refractivity (Wildman–Crippen MR) is 160 cm³/mol. The molecule has 5 heteroatoms. The van der Waals surface area contributed by atoms with Crippen LogP contribution in [0.15, 0.2) is 72.8 Å². The van der Waals surface area contributed by atoms with Crippen molar-refractivity contribution in [1.82, 2.24) is 5.32 Å². The fraction of sp³-hybridized carbons (Fsp3) is 0.375. The molecule has 1 fully saturated rings. The molecule has 0 aliphatic carbocycles. The smallest absolute Gasteiger partial charge is 0.193 e. The van der Waals surface area contributed by atoms with Gasteiger partial charge in [0.25, 0.3) is 0 Å².